The first-order valence-corrected chi connectivity index (χ1v) is 7.93. The van der Waals surface area contributed by atoms with Gasteiger partial charge in [0.25, 0.3) is 0 Å². The Kier molecular flexibility index (Phi) is 6.88. The summed E-state index contributed by atoms with van der Waals surface area (Å²) in [6.45, 7) is 13.4. The number of alkyl carbamates (subject to hydrolysis) is 1. The van der Waals surface area contributed by atoms with Crippen molar-refractivity contribution in [2.24, 2.45) is 5.92 Å². The van der Waals surface area contributed by atoms with Gasteiger partial charge in [0.05, 0.1) is 0 Å². The van der Waals surface area contributed by atoms with Crippen LogP contribution in [0.1, 0.15) is 45.7 Å². The second-order valence-corrected chi connectivity index (χ2v) is 7.12. The van der Waals surface area contributed by atoms with Gasteiger partial charge in [-0.05, 0) is 39.2 Å². The van der Waals surface area contributed by atoms with Crippen molar-refractivity contribution in [2.75, 3.05) is 6.54 Å². The van der Waals surface area contributed by atoms with Crippen LogP contribution in [0, 0.1) is 12.8 Å². The van der Waals surface area contributed by atoms with Gasteiger partial charge in [-0.15, -0.1) is 0 Å². The predicted molar refractivity (Wildman–Crippen MR) is 90.9 cm³/mol. The Hall–Kier alpha value is -1.55. The van der Waals surface area contributed by atoms with Gasteiger partial charge in [0.15, 0.2) is 0 Å². The number of aryl methyl sites for hydroxylation is 1. The fourth-order valence-electron chi connectivity index (χ4n) is 2.11. The van der Waals surface area contributed by atoms with Gasteiger partial charge in [-0.1, -0.05) is 43.7 Å². The lowest BCUT2D eigenvalue weighted by Crippen LogP contribution is -2.46. The van der Waals surface area contributed by atoms with Crippen molar-refractivity contribution >= 4 is 6.09 Å². The van der Waals surface area contributed by atoms with Gasteiger partial charge in [-0.3, -0.25) is 0 Å². The van der Waals surface area contributed by atoms with Crippen LogP contribution in [0.25, 0.3) is 0 Å². The van der Waals surface area contributed by atoms with Crippen LogP contribution in [-0.4, -0.2) is 24.3 Å². The van der Waals surface area contributed by atoms with Gasteiger partial charge in [0.2, 0.25) is 0 Å². The first-order chi connectivity index (χ1) is 10.2. The molecule has 4 heteroatoms. The summed E-state index contributed by atoms with van der Waals surface area (Å²) in [5, 5.41) is 6.36. The SMILES string of the molecule is Cc1cccc(CNC[C@@H](NC(=O)OC(C)(C)C)C(C)C)c1. The van der Waals surface area contributed by atoms with Gasteiger partial charge < -0.3 is 15.4 Å². The van der Waals surface area contributed by atoms with E-state index in [2.05, 4.69) is 55.7 Å². The molecule has 0 heterocycles. The molecule has 0 aromatic heterocycles. The number of amides is 1. The molecule has 1 amide bonds. The Morgan fingerprint density at radius 1 is 1.27 bits per heavy atom. The summed E-state index contributed by atoms with van der Waals surface area (Å²) >= 11 is 0. The minimum absolute atomic E-state index is 0.0414. The van der Waals surface area contributed by atoms with Gasteiger partial charge in [0, 0.05) is 19.1 Å². The van der Waals surface area contributed by atoms with E-state index < -0.39 is 5.60 Å². The molecular formula is C18H30N2O2. The zero-order chi connectivity index (χ0) is 16.8. The topological polar surface area (TPSA) is 50.4 Å². The molecule has 0 aliphatic rings. The van der Waals surface area contributed by atoms with E-state index in [1.165, 1.54) is 11.1 Å². The van der Waals surface area contributed by atoms with Crippen LogP contribution < -0.4 is 10.6 Å². The van der Waals surface area contributed by atoms with Gasteiger partial charge in [-0.2, -0.15) is 0 Å². The molecule has 0 aliphatic heterocycles. The van der Waals surface area contributed by atoms with Crippen LogP contribution in [0.15, 0.2) is 24.3 Å². The largest absolute Gasteiger partial charge is 0.444 e. The zero-order valence-corrected chi connectivity index (χ0v) is 14.7. The van der Waals surface area contributed by atoms with E-state index in [9.17, 15) is 4.79 Å². The molecule has 0 bridgehead atoms. The summed E-state index contributed by atoms with van der Waals surface area (Å²) in [5.41, 5.74) is 2.03. The van der Waals surface area contributed by atoms with Gasteiger partial charge in [0.1, 0.15) is 5.60 Å². The molecule has 0 aliphatic carbocycles. The number of ether oxygens (including phenoxy) is 1. The molecule has 124 valence electrons. The lowest BCUT2D eigenvalue weighted by Gasteiger charge is -2.26. The maximum atomic E-state index is 11.9. The predicted octanol–water partition coefficient (Wildman–Crippen LogP) is 3.63. The molecule has 1 aromatic carbocycles. The van der Waals surface area contributed by atoms with Crippen LogP contribution in [0.4, 0.5) is 4.79 Å². The average molecular weight is 306 g/mol. The number of carbonyl (C=O) groups is 1. The highest BCUT2D eigenvalue weighted by Gasteiger charge is 2.21. The summed E-state index contributed by atoms with van der Waals surface area (Å²) < 4.78 is 5.32. The molecule has 0 fully saturated rings. The molecular weight excluding hydrogens is 276 g/mol. The maximum Gasteiger partial charge on any atom is 0.407 e. The Bertz CT molecular complexity index is 478. The summed E-state index contributed by atoms with van der Waals surface area (Å²) in [6.07, 6.45) is -0.358. The van der Waals surface area contributed by atoms with Gasteiger partial charge in [-0.25, -0.2) is 4.79 Å². The smallest absolute Gasteiger partial charge is 0.407 e. The Balaban J connectivity index is 2.46. The highest BCUT2D eigenvalue weighted by Crippen LogP contribution is 2.09. The first kappa shape index (κ1) is 18.5. The second kappa shape index (κ2) is 8.18. The minimum Gasteiger partial charge on any atom is -0.444 e. The van der Waals surface area contributed by atoms with Crippen molar-refractivity contribution in [3.05, 3.63) is 35.4 Å². The molecule has 0 spiro atoms. The molecule has 0 radical (unpaired) electrons. The fourth-order valence-corrected chi connectivity index (χ4v) is 2.11. The molecule has 0 unspecified atom stereocenters. The number of hydrogen-bond donors (Lipinski definition) is 2. The third kappa shape index (κ3) is 7.46. The third-order valence-electron chi connectivity index (χ3n) is 3.28. The van der Waals surface area contributed by atoms with E-state index in [1.807, 2.05) is 20.8 Å². The average Bonchev–Trinajstić information content (AvgIpc) is 2.35. The molecule has 2 N–H and O–H groups in total. The lowest BCUT2D eigenvalue weighted by molar-refractivity contribution is 0.0490. The number of nitrogens with one attached hydrogen (secondary N) is 2. The van der Waals surface area contributed by atoms with Crippen LogP contribution in [0.2, 0.25) is 0 Å². The molecule has 22 heavy (non-hydrogen) atoms. The summed E-state index contributed by atoms with van der Waals surface area (Å²) in [4.78, 5) is 11.9. The van der Waals surface area contributed by atoms with E-state index in [-0.39, 0.29) is 12.1 Å². The number of benzene rings is 1. The quantitative estimate of drug-likeness (QED) is 0.843. The fraction of sp³-hybridized carbons (Fsp3) is 0.611. The molecule has 1 aromatic rings. The Morgan fingerprint density at radius 2 is 1.95 bits per heavy atom. The monoisotopic (exact) mass is 306 g/mol. The standard InChI is InChI=1S/C18H30N2O2/c1-13(2)16(20-17(21)22-18(4,5)6)12-19-11-15-9-7-8-14(3)10-15/h7-10,13,16,19H,11-12H2,1-6H3,(H,20,21)/t16-/m1/s1. The first-order valence-electron chi connectivity index (χ1n) is 7.93. The Morgan fingerprint density at radius 3 is 2.50 bits per heavy atom. The molecule has 1 atom stereocenters. The number of hydrogen-bond acceptors (Lipinski definition) is 3. The van der Waals surface area contributed by atoms with Crippen LogP contribution in [0.5, 0.6) is 0 Å². The third-order valence-corrected chi connectivity index (χ3v) is 3.28. The van der Waals surface area contributed by atoms with Crippen molar-refractivity contribution in [2.45, 2.75) is 59.7 Å². The molecule has 1 rings (SSSR count). The van der Waals surface area contributed by atoms with Crippen molar-refractivity contribution in [1.29, 1.82) is 0 Å². The van der Waals surface area contributed by atoms with Crippen molar-refractivity contribution in [3.8, 4) is 0 Å². The van der Waals surface area contributed by atoms with Crippen LogP contribution >= 0.6 is 0 Å². The normalized spacial score (nSPS) is 13.0. The van der Waals surface area contributed by atoms with E-state index in [4.69, 9.17) is 4.74 Å². The van der Waals surface area contributed by atoms with Crippen LogP contribution in [-0.2, 0) is 11.3 Å². The molecule has 0 saturated heterocycles. The van der Waals surface area contributed by atoms with Crippen molar-refractivity contribution in [1.82, 2.24) is 10.6 Å². The highest BCUT2D eigenvalue weighted by molar-refractivity contribution is 5.68. The number of carbonyl (C=O) groups excluding carboxylic acids is 1. The lowest BCUT2D eigenvalue weighted by atomic mass is 10.0. The Labute approximate surface area is 134 Å². The molecule has 4 nitrogen and oxygen atoms in total. The van der Waals surface area contributed by atoms with E-state index in [0.29, 0.717) is 12.5 Å². The van der Waals surface area contributed by atoms with E-state index >= 15 is 0 Å². The maximum absolute atomic E-state index is 11.9. The summed E-state index contributed by atoms with van der Waals surface area (Å²) in [5.74, 6) is 0.331. The molecule has 0 saturated carbocycles. The van der Waals surface area contributed by atoms with Gasteiger partial charge >= 0.3 is 6.09 Å². The van der Waals surface area contributed by atoms with Crippen LogP contribution in [0.3, 0.4) is 0 Å². The second-order valence-electron chi connectivity index (χ2n) is 7.12. The summed E-state index contributed by atoms with van der Waals surface area (Å²) in [7, 11) is 0. The highest BCUT2D eigenvalue weighted by atomic mass is 16.6. The number of rotatable bonds is 6. The summed E-state index contributed by atoms with van der Waals surface area (Å²) in [6, 6.07) is 8.46. The zero-order valence-electron chi connectivity index (χ0n) is 14.7. The van der Waals surface area contributed by atoms with Crippen molar-refractivity contribution < 1.29 is 9.53 Å². The van der Waals surface area contributed by atoms with Crippen molar-refractivity contribution in [3.63, 3.8) is 0 Å². The minimum atomic E-state index is -0.472. The van der Waals surface area contributed by atoms with E-state index in [1.54, 1.807) is 0 Å². The van der Waals surface area contributed by atoms with E-state index in [0.717, 1.165) is 6.54 Å².